The fraction of sp³-hybridized carbons (Fsp3) is 0.632. The topological polar surface area (TPSA) is 44.8 Å². The molecule has 1 aromatic rings. The van der Waals surface area contributed by atoms with Crippen LogP contribution in [0.25, 0.3) is 0 Å². The molecule has 4 nitrogen and oxygen atoms in total. The van der Waals surface area contributed by atoms with Crippen molar-refractivity contribution in [2.24, 2.45) is 0 Å². The van der Waals surface area contributed by atoms with E-state index in [9.17, 15) is 4.79 Å². The van der Waals surface area contributed by atoms with Gasteiger partial charge in [-0.3, -0.25) is 4.79 Å². The summed E-state index contributed by atoms with van der Waals surface area (Å²) in [6.07, 6.45) is 0.105. The van der Waals surface area contributed by atoms with E-state index < -0.39 is 14.6 Å². The lowest BCUT2D eigenvalue weighted by molar-refractivity contribution is -0.209. The minimum absolute atomic E-state index is 0.113. The van der Waals surface area contributed by atoms with Crippen molar-refractivity contribution in [2.75, 3.05) is 0 Å². The lowest BCUT2D eigenvalue weighted by Gasteiger charge is -2.41. The summed E-state index contributed by atoms with van der Waals surface area (Å²) >= 11 is 0. The molecule has 1 heterocycles. The second kappa shape index (κ2) is 7.38. The standard InChI is InChI=1S/C19H30O4Si/c1-14(15-10-8-7-9-11-15)21-18-13-16(12-17(20)22-18)23-24(5,6)19(2,3)4/h7-11,14,16,18H,12-13H2,1-6H3/t14-,16+,18+/m1/s1. The molecular formula is C19H30O4Si. The highest BCUT2D eigenvalue weighted by Gasteiger charge is 2.42. The summed E-state index contributed by atoms with van der Waals surface area (Å²) in [5, 5.41) is 0.113. The van der Waals surface area contributed by atoms with Crippen LogP contribution in [0.1, 0.15) is 52.2 Å². The highest BCUT2D eigenvalue weighted by Crippen LogP contribution is 2.39. The number of benzene rings is 1. The van der Waals surface area contributed by atoms with Crippen molar-refractivity contribution in [1.82, 2.24) is 0 Å². The van der Waals surface area contributed by atoms with Crippen LogP contribution in [-0.2, 0) is 18.7 Å². The summed E-state index contributed by atoms with van der Waals surface area (Å²) in [5.74, 6) is -0.241. The van der Waals surface area contributed by atoms with Gasteiger partial charge in [0.05, 0.1) is 18.6 Å². The average Bonchev–Trinajstić information content (AvgIpc) is 2.45. The first kappa shape index (κ1) is 19.2. The molecular weight excluding hydrogens is 320 g/mol. The van der Waals surface area contributed by atoms with Crippen molar-refractivity contribution in [3.05, 3.63) is 35.9 Å². The summed E-state index contributed by atoms with van der Waals surface area (Å²) in [7, 11) is -1.92. The molecule has 0 spiro atoms. The monoisotopic (exact) mass is 350 g/mol. The van der Waals surface area contributed by atoms with E-state index in [0.717, 1.165) is 5.56 Å². The fourth-order valence-corrected chi connectivity index (χ4v) is 3.89. The quantitative estimate of drug-likeness (QED) is 0.564. The van der Waals surface area contributed by atoms with Gasteiger partial charge in [-0.1, -0.05) is 51.1 Å². The summed E-state index contributed by atoms with van der Waals surface area (Å²) in [6, 6.07) is 9.95. The predicted molar refractivity (Wildman–Crippen MR) is 97.1 cm³/mol. The lowest BCUT2D eigenvalue weighted by atomic mass is 10.1. The van der Waals surface area contributed by atoms with Crippen molar-refractivity contribution in [3.8, 4) is 0 Å². The normalized spacial score (nSPS) is 23.7. The molecule has 0 N–H and O–H groups in total. The third kappa shape index (κ3) is 4.91. The predicted octanol–water partition coefficient (Wildman–Crippen LogP) is 4.82. The van der Waals surface area contributed by atoms with Crippen LogP contribution in [0, 0.1) is 0 Å². The number of cyclic esters (lactones) is 1. The Kier molecular flexibility index (Phi) is 5.89. The molecule has 3 atom stereocenters. The van der Waals surface area contributed by atoms with Gasteiger partial charge < -0.3 is 13.9 Å². The average molecular weight is 351 g/mol. The summed E-state index contributed by atoms with van der Waals surface area (Å²) in [5.41, 5.74) is 1.07. The van der Waals surface area contributed by atoms with Crippen molar-refractivity contribution < 1.29 is 18.7 Å². The number of rotatable bonds is 5. The maximum atomic E-state index is 12.0. The van der Waals surface area contributed by atoms with Crippen molar-refractivity contribution >= 4 is 14.3 Å². The van der Waals surface area contributed by atoms with Gasteiger partial charge in [0, 0.05) is 6.42 Å². The molecule has 0 bridgehead atoms. The van der Waals surface area contributed by atoms with Crippen LogP contribution in [0.4, 0.5) is 0 Å². The Balaban J connectivity index is 1.99. The van der Waals surface area contributed by atoms with E-state index in [1.807, 2.05) is 37.3 Å². The van der Waals surface area contributed by atoms with Crippen molar-refractivity contribution in [3.63, 3.8) is 0 Å². The molecule has 2 rings (SSSR count). The Morgan fingerprint density at radius 3 is 2.42 bits per heavy atom. The van der Waals surface area contributed by atoms with Crippen LogP contribution in [0.2, 0.25) is 18.1 Å². The molecule has 0 amide bonds. The van der Waals surface area contributed by atoms with Crippen LogP contribution < -0.4 is 0 Å². The van der Waals surface area contributed by atoms with Crippen LogP contribution >= 0.6 is 0 Å². The number of hydrogen-bond donors (Lipinski definition) is 0. The maximum absolute atomic E-state index is 12.0. The van der Waals surface area contributed by atoms with Gasteiger partial charge in [0.15, 0.2) is 8.32 Å². The molecule has 1 fully saturated rings. The maximum Gasteiger partial charge on any atom is 0.310 e. The first-order valence-corrected chi connectivity index (χ1v) is 11.6. The van der Waals surface area contributed by atoms with E-state index >= 15 is 0 Å². The first-order chi connectivity index (χ1) is 11.1. The molecule has 0 aromatic heterocycles. The van der Waals surface area contributed by atoms with Crippen molar-refractivity contribution in [2.45, 2.75) is 77.2 Å². The number of carbonyl (C=O) groups excluding carboxylic acids is 1. The molecule has 1 aliphatic heterocycles. The van der Waals surface area contributed by atoms with E-state index in [1.54, 1.807) is 0 Å². The minimum Gasteiger partial charge on any atom is -0.436 e. The van der Waals surface area contributed by atoms with Gasteiger partial charge in [0.1, 0.15) is 0 Å². The number of ether oxygens (including phenoxy) is 2. The lowest BCUT2D eigenvalue weighted by Crippen LogP contribution is -2.47. The van der Waals surface area contributed by atoms with Crippen LogP contribution in [0.5, 0.6) is 0 Å². The Bertz CT molecular complexity index is 550. The second-order valence-electron chi connectivity index (χ2n) is 8.05. The van der Waals surface area contributed by atoms with Gasteiger partial charge in [-0.05, 0) is 30.6 Å². The van der Waals surface area contributed by atoms with Crippen LogP contribution in [-0.4, -0.2) is 26.7 Å². The van der Waals surface area contributed by atoms with Gasteiger partial charge in [0.2, 0.25) is 6.29 Å². The third-order valence-corrected chi connectivity index (χ3v) is 9.54. The highest BCUT2D eigenvalue weighted by molar-refractivity contribution is 6.74. The fourth-order valence-electron chi connectivity index (χ4n) is 2.52. The minimum atomic E-state index is -1.92. The van der Waals surface area contributed by atoms with E-state index in [2.05, 4.69) is 33.9 Å². The second-order valence-corrected chi connectivity index (χ2v) is 12.8. The SMILES string of the molecule is C[C@@H](O[C@@H]1C[C@@H](O[Si](C)(C)C(C)(C)C)CC(=O)O1)c1ccccc1. The zero-order valence-corrected chi connectivity index (χ0v) is 16.7. The van der Waals surface area contributed by atoms with E-state index in [4.69, 9.17) is 13.9 Å². The van der Waals surface area contributed by atoms with Gasteiger partial charge >= 0.3 is 5.97 Å². The van der Waals surface area contributed by atoms with Gasteiger partial charge in [0.25, 0.3) is 0 Å². The summed E-state index contributed by atoms with van der Waals surface area (Å²) < 4.78 is 17.7. The Labute approximate surface area is 146 Å². The molecule has 0 radical (unpaired) electrons. The van der Waals surface area contributed by atoms with E-state index in [1.165, 1.54) is 0 Å². The van der Waals surface area contributed by atoms with E-state index in [0.29, 0.717) is 12.8 Å². The summed E-state index contributed by atoms with van der Waals surface area (Å²) in [6.45, 7) is 13.0. The number of hydrogen-bond acceptors (Lipinski definition) is 4. The molecule has 0 aliphatic carbocycles. The smallest absolute Gasteiger partial charge is 0.310 e. The van der Waals surface area contributed by atoms with Gasteiger partial charge in [-0.15, -0.1) is 0 Å². The highest BCUT2D eigenvalue weighted by atomic mass is 28.4. The zero-order chi connectivity index (χ0) is 18.0. The Hall–Kier alpha value is -1.17. The van der Waals surface area contributed by atoms with Gasteiger partial charge in [-0.2, -0.15) is 0 Å². The first-order valence-electron chi connectivity index (χ1n) is 8.66. The van der Waals surface area contributed by atoms with Gasteiger partial charge in [-0.25, -0.2) is 0 Å². The van der Waals surface area contributed by atoms with Crippen molar-refractivity contribution in [1.29, 1.82) is 0 Å². The Morgan fingerprint density at radius 1 is 1.21 bits per heavy atom. The number of esters is 1. The molecule has 1 saturated heterocycles. The Morgan fingerprint density at radius 2 is 1.83 bits per heavy atom. The number of carbonyl (C=O) groups is 1. The molecule has 5 heteroatoms. The molecule has 134 valence electrons. The van der Waals surface area contributed by atoms with Crippen LogP contribution in [0.3, 0.4) is 0 Å². The molecule has 0 unspecified atom stereocenters. The molecule has 0 saturated carbocycles. The largest absolute Gasteiger partial charge is 0.436 e. The molecule has 24 heavy (non-hydrogen) atoms. The van der Waals surface area contributed by atoms with Crippen LogP contribution in [0.15, 0.2) is 30.3 Å². The zero-order valence-electron chi connectivity index (χ0n) is 15.7. The molecule has 1 aromatic carbocycles. The summed E-state index contributed by atoms with van der Waals surface area (Å²) in [4.78, 5) is 12.0. The van der Waals surface area contributed by atoms with E-state index in [-0.39, 0.29) is 23.2 Å². The molecule has 1 aliphatic rings. The third-order valence-electron chi connectivity index (χ3n) is 5.00.